The molecule has 1 saturated heterocycles. The van der Waals surface area contributed by atoms with Crippen molar-refractivity contribution in [3.8, 4) is 0 Å². The molecule has 1 fully saturated rings. The summed E-state index contributed by atoms with van der Waals surface area (Å²) in [5.74, 6) is 5.43. The maximum atomic E-state index is 11.4. The molecule has 0 aliphatic carbocycles. The molecule has 1 aliphatic rings. The van der Waals surface area contributed by atoms with Crippen molar-refractivity contribution in [1.82, 2.24) is 15.4 Å². The summed E-state index contributed by atoms with van der Waals surface area (Å²) in [6.07, 6.45) is 7.95. The van der Waals surface area contributed by atoms with Gasteiger partial charge in [0.25, 0.3) is 5.91 Å². The van der Waals surface area contributed by atoms with Gasteiger partial charge in [0.2, 0.25) is 0 Å². The highest BCUT2D eigenvalue weighted by Crippen LogP contribution is 2.16. The molecule has 0 atom stereocenters. The molecule has 6 heteroatoms. The summed E-state index contributed by atoms with van der Waals surface area (Å²) in [5, 5.41) is 0. The molecule has 0 aromatic carbocycles. The summed E-state index contributed by atoms with van der Waals surface area (Å²) < 4.78 is 0. The average Bonchev–Trinajstić information content (AvgIpc) is 2.67. The number of hydrazine groups is 1. The minimum atomic E-state index is -0.408. The topological polar surface area (TPSA) is 84.1 Å². The molecule has 0 spiro atoms. The molecule has 0 radical (unpaired) electrons. The van der Waals surface area contributed by atoms with Gasteiger partial charge in [-0.15, -0.1) is 0 Å². The third-order valence-corrected chi connectivity index (χ3v) is 2.92. The van der Waals surface area contributed by atoms with Crippen molar-refractivity contribution in [2.24, 2.45) is 5.84 Å². The molecule has 2 heterocycles. The predicted molar refractivity (Wildman–Crippen MR) is 64.4 cm³/mol. The Kier molecular flexibility index (Phi) is 3.87. The number of carbonyl (C=O) groups is 1. The summed E-state index contributed by atoms with van der Waals surface area (Å²) in [6.45, 7) is 1.95. The van der Waals surface area contributed by atoms with Crippen LogP contribution in [0.25, 0.3) is 0 Å². The van der Waals surface area contributed by atoms with Crippen LogP contribution in [-0.2, 0) is 0 Å². The zero-order valence-electron chi connectivity index (χ0n) is 9.72. The Hall–Kier alpha value is -1.69. The first-order valence-electron chi connectivity index (χ1n) is 5.89. The monoisotopic (exact) mass is 235 g/mol. The van der Waals surface area contributed by atoms with Crippen LogP contribution in [-0.4, -0.2) is 29.0 Å². The fourth-order valence-corrected chi connectivity index (χ4v) is 1.99. The number of anilines is 1. The smallest absolute Gasteiger partial charge is 0.285 e. The lowest BCUT2D eigenvalue weighted by molar-refractivity contribution is 0.0948. The number of amides is 1. The Balaban J connectivity index is 2.16. The van der Waals surface area contributed by atoms with Crippen LogP contribution < -0.4 is 16.2 Å². The van der Waals surface area contributed by atoms with Gasteiger partial charge in [0, 0.05) is 13.1 Å². The largest absolute Gasteiger partial charge is 0.355 e. The number of hydrogen-bond donors (Lipinski definition) is 2. The van der Waals surface area contributed by atoms with Gasteiger partial charge in [-0.1, -0.05) is 12.8 Å². The second-order valence-electron chi connectivity index (χ2n) is 4.14. The van der Waals surface area contributed by atoms with E-state index in [2.05, 4.69) is 20.3 Å². The molecule has 1 aromatic heterocycles. The normalized spacial score (nSPS) is 16.4. The summed E-state index contributed by atoms with van der Waals surface area (Å²) in [4.78, 5) is 21.9. The SMILES string of the molecule is NNC(=O)c1cncc(N2CCCCCC2)n1. The second kappa shape index (κ2) is 5.58. The third kappa shape index (κ3) is 2.91. The Morgan fingerprint density at radius 1 is 1.24 bits per heavy atom. The Labute approximate surface area is 100 Å². The van der Waals surface area contributed by atoms with E-state index in [9.17, 15) is 4.79 Å². The van der Waals surface area contributed by atoms with Gasteiger partial charge >= 0.3 is 0 Å². The molecular formula is C11H17N5O. The van der Waals surface area contributed by atoms with Crippen molar-refractivity contribution in [2.75, 3.05) is 18.0 Å². The standard InChI is InChI=1S/C11H17N5O/c12-15-11(17)9-7-13-8-10(14-9)16-5-3-1-2-4-6-16/h7-8H,1-6,12H2,(H,15,17). The molecule has 1 amide bonds. The van der Waals surface area contributed by atoms with Crippen molar-refractivity contribution in [1.29, 1.82) is 0 Å². The number of carbonyl (C=O) groups excluding carboxylic acids is 1. The fourth-order valence-electron chi connectivity index (χ4n) is 1.99. The number of hydrogen-bond acceptors (Lipinski definition) is 5. The second-order valence-corrected chi connectivity index (χ2v) is 4.14. The Bertz CT molecular complexity index is 387. The van der Waals surface area contributed by atoms with E-state index in [4.69, 9.17) is 5.84 Å². The van der Waals surface area contributed by atoms with Gasteiger partial charge in [-0.2, -0.15) is 0 Å². The van der Waals surface area contributed by atoms with Gasteiger partial charge in [0.05, 0.1) is 12.4 Å². The zero-order valence-corrected chi connectivity index (χ0v) is 9.72. The molecule has 6 nitrogen and oxygen atoms in total. The van der Waals surface area contributed by atoms with Crippen LogP contribution in [0.15, 0.2) is 12.4 Å². The maximum Gasteiger partial charge on any atom is 0.285 e. The van der Waals surface area contributed by atoms with Gasteiger partial charge in [0.1, 0.15) is 11.5 Å². The first-order valence-corrected chi connectivity index (χ1v) is 5.89. The quantitative estimate of drug-likeness (QED) is 0.442. The highest BCUT2D eigenvalue weighted by atomic mass is 16.2. The number of rotatable bonds is 2. The summed E-state index contributed by atoms with van der Waals surface area (Å²) in [6, 6.07) is 0. The number of nitrogens with zero attached hydrogens (tertiary/aromatic N) is 3. The predicted octanol–water partition coefficient (Wildman–Crippen LogP) is 0.460. The average molecular weight is 235 g/mol. The highest BCUT2D eigenvalue weighted by molar-refractivity contribution is 5.91. The lowest BCUT2D eigenvalue weighted by Crippen LogP contribution is -2.32. The van der Waals surface area contributed by atoms with Crippen molar-refractivity contribution < 1.29 is 4.79 Å². The van der Waals surface area contributed by atoms with Gasteiger partial charge < -0.3 is 4.90 Å². The molecule has 17 heavy (non-hydrogen) atoms. The van der Waals surface area contributed by atoms with E-state index < -0.39 is 5.91 Å². The lowest BCUT2D eigenvalue weighted by Gasteiger charge is -2.21. The van der Waals surface area contributed by atoms with Gasteiger partial charge in [0.15, 0.2) is 0 Å². The van der Waals surface area contributed by atoms with E-state index in [1.807, 2.05) is 0 Å². The van der Waals surface area contributed by atoms with E-state index in [0.29, 0.717) is 0 Å². The first kappa shape index (κ1) is 11.8. The lowest BCUT2D eigenvalue weighted by atomic mass is 10.2. The molecule has 2 rings (SSSR count). The molecule has 1 aromatic rings. The zero-order chi connectivity index (χ0) is 12.1. The van der Waals surface area contributed by atoms with Crippen LogP contribution >= 0.6 is 0 Å². The van der Waals surface area contributed by atoms with Crippen LogP contribution in [0.1, 0.15) is 36.2 Å². The minimum absolute atomic E-state index is 0.259. The summed E-state index contributed by atoms with van der Waals surface area (Å²) in [5.41, 5.74) is 2.32. The first-order chi connectivity index (χ1) is 8.31. The van der Waals surface area contributed by atoms with Gasteiger partial charge in [-0.25, -0.2) is 10.8 Å². The third-order valence-electron chi connectivity index (χ3n) is 2.92. The molecule has 0 unspecified atom stereocenters. The van der Waals surface area contributed by atoms with Crippen LogP contribution in [0.4, 0.5) is 5.82 Å². The van der Waals surface area contributed by atoms with Crippen LogP contribution in [0.3, 0.4) is 0 Å². The van der Waals surface area contributed by atoms with Crippen molar-refractivity contribution in [3.63, 3.8) is 0 Å². The van der Waals surface area contributed by atoms with Crippen molar-refractivity contribution in [2.45, 2.75) is 25.7 Å². The van der Waals surface area contributed by atoms with Crippen LogP contribution in [0.2, 0.25) is 0 Å². The van der Waals surface area contributed by atoms with Gasteiger partial charge in [-0.05, 0) is 12.8 Å². The molecule has 3 N–H and O–H groups in total. The minimum Gasteiger partial charge on any atom is -0.355 e. The Morgan fingerprint density at radius 2 is 1.94 bits per heavy atom. The molecule has 92 valence electrons. The van der Waals surface area contributed by atoms with E-state index in [-0.39, 0.29) is 5.69 Å². The van der Waals surface area contributed by atoms with Crippen molar-refractivity contribution in [3.05, 3.63) is 18.1 Å². The van der Waals surface area contributed by atoms with E-state index in [1.54, 1.807) is 6.20 Å². The van der Waals surface area contributed by atoms with E-state index >= 15 is 0 Å². The summed E-state index contributed by atoms with van der Waals surface area (Å²) in [7, 11) is 0. The van der Waals surface area contributed by atoms with Crippen LogP contribution in [0.5, 0.6) is 0 Å². The number of nitrogens with two attached hydrogens (primary N) is 1. The van der Waals surface area contributed by atoms with Crippen molar-refractivity contribution >= 4 is 11.7 Å². The molecule has 1 aliphatic heterocycles. The number of nitrogen functional groups attached to an aromatic ring is 1. The summed E-state index contributed by atoms with van der Waals surface area (Å²) >= 11 is 0. The number of aromatic nitrogens is 2. The molecule has 0 bridgehead atoms. The molecular weight excluding hydrogens is 218 g/mol. The fraction of sp³-hybridized carbons (Fsp3) is 0.545. The van der Waals surface area contributed by atoms with Crippen LogP contribution in [0, 0.1) is 0 Å². The molecule has 0 saturated carbocycles. The highest BCUT2D eigenvalue weighted by Gasteiger charge is 2.13. The Morgan fingerprint density at radius 3 is 2.59 bits per heavy atom. The maximum absolute atomic E-state index is 11.4. The van der Waals surface area contributed by atoms with E-state index in [0.717, 1.165) is 31.7 Å². The van der Waals surface area contributed by atoms with E-state index in [1.165, 1.54) is 19.0 Å². The van der Waals surface area contributed by atoms with Gasteiger partial charge in [-0.3, -0.25) is 15.2 Å². The number of nitrogens with one attached hydrogen (secondary N) is 1.